The number of sulfonamides is 1. The molecule has 1 aliphatic heterocycles. The van der Waals surface area contributed by atoms with Gasteiger partial charge in [-0.05, 0) is 43.2 Å². The summed E-state index contributed by atoms with van der Waals surface area (Å²) in [6.45, 7) is 2.25. The highest BCUT2D eigenvalue weighted by Gasteiger charge is 2.37. The predicted molar refractivity (Wildman–Crippen MR) is 120 cm³/mol. The van der Waals surface area contributed by atoms with E-state index in [-0.39, 0.29) is 17.3 Å². The van der Waals surface area contributed by atoms with Gasteiger partial charge in [-0.2, -0.15) is 0 Å². The number of rotatable bonds is 6. The molecule has 0 aliphatic carbocycles. The summed E-state index contributed by atoms with van der Waals surface area (Å²) < 4.78 is 33.9. The second-order valence-corrected chi connectivity index (χ2v) is 9.31. The van der Waals surface area contributed by atoms with Gasteiger partial charge in [-0.3, -0.25) is 9.10 Å². The normalized spacial score (nSPS) is 15.6. The van der Waals surface area contributed by atoms with Crippen LogP contribution in [0.5, 0.6) is 5.75 Å². The second kappa shape index (κ2) is 8.81. The fraction of sp³-hybridized carbons (Fsp3) is 0.208. The van der Waals surface area contributed by atoms with E-state index in [9.17, 15) is 13.2 Å². The molecule has 1 amide bonds. The van der Waals surface area contributed by atoms with Crippen LogP contribution in [-0.2, 0) is 21.2 Å². The number of para-hydroxylation sites is 2. The van der Waals surface area contributed by atoms with E-state index in [0.29, 0.717) is 24.4 Å². The number of nitrogens with one attached hydrogen (secondary N) is 1. The molecule has 4 rings (SSSR count). The van der Waals surface area contributed by atoms with E-state index in [1.807, 2.05) is 37.3 Å². The Kier molecular flexibility index (Phi) is 5.95. The molecule has 0 aromatic heterocycles. The molecule has 0 fully saturated rings. The lowest BCUT2D eigenvalue weighted by atomic mass is 10.1. The van der Waals surface area contributed by atoms with Crippen molar-refractivity contribution in [3.63, 3.8) is 0 Å². The van der Waals surface area contributed by atoms with Crippen molar-refractivity contribution in [3.8, 4) is 5.75 Å². The zero-order chi connectivity index (χ0) is 21.8. The minimum Gasteiger partial charge on any atom is -0.476 e. The molecule has 0 bridgehead atoms. The van der Waals surface area contributed by atoms with Gasteiger partial charge >= 0.3 is 0 Å². The van der Waals surface area contributed by atoms with E-state index in [4.69, 9.17) is 4.74 Å². The lowest BCUT2D eigenvalue weighted by molar-refractivity contribution is -0.127. The number of amides is 1. The Balaban J connectivity index is 1.54. The molecule has 0 unspecified atom stereocenters. The van der Waals surface area contributed by atoms with Gasteiger partial charge < -0.3 is 10.1 Å². The molecular weight excluding hydrogens is 412 g/mol. The first-order valence-electron chi connectivity index (χ1n) is 10.1. The van der Waals surface area contributed by atoms with Gasteiger partial charge in [0.05, 0.1) is 17.1 Å². The van der Waals surface area contributed by atoms with Crippen molar-refractivity contribution in [1.29, 1.82) is 0 Å². The summed E-state index contributed by atoms with van der Waals surface area (Å²) in [6.07, 6.45) is -0.257. The van der Waals surface area contributed by atoms with Crippen LogP contribution in [0.4, 0.5) is 5.69 Å². The number of nitrogens with zero attached hydrogens (tertiary/aromatic N) is 1. The Morgan fingerprint density at radius 2 is 1.68 bits per heavy atom. The maximum Gasteiger partial charge on any atom is 0.264 e. The van der Waals surface area contributed by atoms with Crippen LogP contribution in [-0.4, -0.2) is 33.5 Å². The van der Waals surface area contributed by atoms with Gasteiger partial charge in [0.2, 0.25) is 0 Å². The lowest BCUT2D eigenvalue weighted by Crippen LogP contribution is -2.51. The SMILES string of the molecule is Cc1ccc(S(=O)(=O)N2C[C@H](C(=O)NCCc3ccccc3)Oc3ccccc32)cc1. The predicted octanol–water partition coefficient (Wildman–Crippen LogP) is 3.31. The number of fused-ring (bicyclic) bond motifs is 1. The van der Waals surface area contributed by atoms with Gasteiger partial charge in [-0.1, -0.05) is 60.2 Å². The highest BCUT2D eigenvalue weighted by atomic mass is 32.2. The van der Waals surface area contributed by atoms with Crippen molar-refractivity contribution in [2.24, 2.45) is 0 Å². The summed E-state index contributed by atoms with van der Waals surface area (Å²) in [6, 6.07) is 23.4. The number of ether oxygens (including phenoxy) is 1. The molecule has 1 atom stereocenters. The van der Waals surface area contributed by atoms with Gasteiger partial charge in [-0.15, -0.1) is 0 Å². The Bertz CT molecular complexity index is 1160. The van der Waals surface area contributed by atoms with Crippen molar-refractivity contribution >= 4 is 21.6 Å². The zero-order valence-corrected chi connectivity index (χ0v) is 18.0. The fourth-order valence-electron chi connectivity index (χ4n) is 3.49. The van der Waals surface area contributed by atoms with E-state index in [2.05, 4.69) is 5.32 Å². The van der Waals surface area contributed by atoms with E-state index >= 15 is 0 Å². The summed E-state index contributed by atoms with van der Waals surface area (Å²) in [5.41, 5.74) is 2.51. The Morgan fingerprint density at radius 3 is 2.42 bits per heavy atom. The first-order chi connectivity index (χ1) is 14.9. The van der Waals surface area contributed by atoms with Crippen molar-refractivity contribution in [3.05, 3.63) is 90.0 Å². The summed E-state index contributed by atoms with van der Waals surface area (Å²) >= 11 is 0. The second-order valence-electron chi connectivity index (χ2n) is 7.45. The summed E-state index contributed by atoms with van der Waals surface area (Å²) in [7, 11) is -3.85. The molecule has 7 heteroatoms. The molecule has 0 saturated carbocycles. The quantitative estimate of drug-likeness (QED) is 0.643. The van der Waals surface area contributed by atoms with Gasteiger partial charge in [0.1, 0.15) is 5.75 Å². The molecule has 6 nitrogen and oxygen atoms in total. The molecule has 1 heterocycles. The van der Waals surface area contributed by atoms with Crippen LogP contribution in [0.25, 0.3) is 0 Å². The number of carbonyl (C=O) groups is 1. The number of aryl methyl sites for hydroxylation is 1. The largest absolute Gasteiger partial charge is 0.476 e. The highest BCUT2D eigenvalue weighted by molar-refractivity contribution is 7.92. The monoisotopic (exact) mass is 436 g/mol. The van der Waals surface area contributed by atoms with Crippen LogP contribution in [0.15, 0.2) is 83.8 Å². The highest BCUT2D eigenvalue weighted by Crippen LogP contribution is 2.36. The maximum atomic E-state index is 13.4. The molecule has 1 N–H and O–H groups in total. The summed E-state index contributed by atoms with van der Waals surface area (Å²) in [4.78, 5) is 13.0. The minimum absolute atomic E-state index is 0.0929. The molecular formula is C24H24N2O4S. The minimum atomic E-state index is -3.85. The lowest BCUT2D eigenvalue weighted by Gasteiger charge is -2.34. The number of anilines is 1. The molecule has 1 aliphatic rings. The Morgan fingerprint density at radius 1 is 1.00 bits per heavy atom. The van der Waals surface area contributed by atoms with Gasteiger partial charge in [0.15, 0.2) is 6.10 Å². The average molecular weight is 437 g/mol. The van der Waals surface area contributed by atoms with E-state index in [0.717, 1.165) is 11.1 Å². The summed E-state index contributed by atoms with van der Waals surface area (Å²) in [5.74, 6) is 0.0298. The first kappa shape index (κ1) is 20.9. The van der Waals surface area contributed by atoms with Gasteiger partial charge in [0, 0.05) is 6.54 Å². The number of hydrogen-bond acceptors (Lipinski definition) is 4. The molecule has 0 spiro atoms. The number of benzene rings is 3. The van der Waals surface area contributed by atoms with Crippen LogP contribution in [0.2, 0.25) is 0 Å². The molecule has 160 valence electrons. The molecule has 0 saturated heterocycles. The Labute approximate surface area is 182 Å². The first-order valence-corrected chi connectivity index (χ1v) is 11.6. The third-order valence-corrected chi connectivity index (χ3v) is 6.99. The summed E-state index contributed by atoms with van der Waals surface area (Å²) in [5, 5.41) is 2.87. The number of hydrogen-bond donors (Lipinski definition) is 1. The van der Waals surface area contributed by atoms with Crippen molar-refractivity contribution in [1.82, 2.24) is 5.32 Å². The maximum absolute atomic E-state index is 13.4. The standard InChI is InChI=1S/C24H24N2O4S/c1-18-11-13-20(14-12-18)31(28,29)26-17-23(30-22-10-6-5-9-21(22)26)24(27)25-16-15-19-7-3-2-4-8-19/h2-14,23H,15-17H2,1H3,(H,25,27)/t23-/m1/s1. The van der Waals surface area contributed by atoms with E-state index in [1.165, 1.54) is 4.31 Å². The van der Waals surface area contributed by atoms with Crippen LogP contribution < -0.4 is 14.4 Å². The average Bonchev–Trinajstić information content (AvgIpc) is 2.79. The van der Waals surface area contributed by atoms with Crippen molar-refractivity contribution < 1.29 is 17.9 Å². The van der Waals surface area contributed by atoms with Crippen molar-refractivity contribution in [2.75, 3.05) is 17.4 Å². The van der Waals surface area contributed by atoms with Crippen molar-refractivity contribution in [2.45, 2.75) is 24.3 Å². The van der Waals surface area contributed by atoms with Gasteiger partial charge in [-0.25, -0.2) is 8.42 Å². The molecule has 0 radical (unpaired) electrons. The smallest absolute Gasteiger partial charge is 0.264 e. The molecule has 31 heavy (non-hydrogen) atoms. The number of carbonyl (C=O) groups excluding carboxylic acids is 1. The fourth-order valence-corrected chi connectivity index (χ4v) is 4.97. The molecule has 3 aromatic rings. The van der Waals surface area contributed by atoms with E-state index < -0.39 is 16.1 Å². The topological polar surface area (TPSA) is 75.7 Å². The zero-order valence-electron chi connectivity index (χ0n) is 17.2. The van der Waals surface area contributed by atoms with Crippen LogP contribution in [0, 0.1) is 6.92 Å². The van der Waals surface area contributed by atoms with E-state index in [1.54, 1.807) is 48.5 Å². The third kappa shape index (κ3) is 4.56. The van der Waals surface area contributed by atoms with Crippen LogP contribution >= 0.6 is 0 Å². The van der Waals surface area contributed by atoms with Crippen LogP contribution in [0.1, 0.15) is 11.1 Å². The Hall–Kier alpha value is -3.32. The van der Waals surface area contributed by atoms with Crippen LogP contribution in [0.3, 0.4) is 0 Å². The van der Waals surface area contributed by atoms with Gasteiger partial charge in [0.25, 0.3) is 15.9 Å². The molecule has 3 aromatic carbocycles. The third-order valence-electron chi connectivity index (χ3n) is 5.19.